The highest BCUT2D eigenvalue weighted by Gasteiger charge is 2.12. The fourth-order valence-electron chi connectivity index (χ4n) is 3.18. The Morgan fingerprint density at radius 2 is 1.93 bits per heavy atom. The molecule has 5 nitrogen and oxygen atoms in total. The van der Waals surface area contributed by atoms with Gasteiger partial charge in [0.2, 0.25) is 0 Å². The molecule has 0 aliphatic rings. The summed E-state index contributed by atoms with van der Waals surface area (Å²) < 4.78 is 12.0. The summed E-state index contributed by atoms with van der Waals surface area (Å²) in [5, 5.41) is 4.92. The molecule has 0 fully saturated rings. The Balaban J connectivity index is 1.47. The van der Waals surface area contributed by atoms with E-state index in [0.717, 1.165) is 33.2 Å². The van der Waals surface area contributed by atoms with Gasteiger partial charge in [-0.25, -0.2) is 5.43 Å². The van der Waals surface area contributed by atoms with Gasteiger partial charge in [0, 0.05) is 16.3 Å². The first-order valence-corrected chi connectivity index (χ1v) is 10.1. The molecule has 0 saturated heterocycles. The maximum atomic E-state index is 12.3. The van der Waals surface area contributed by atoms with Crippen LogP contribution < -0.4 is 10.2 Å². The highest BCUT2D eigenvalue weighted by Crippen LogP contribution is 2.24. The molecule has 0 aliphatic heterocycles. The first-order chi connectivity index (χ1) is 14.6. The van der Waals surface area contributed by atoms with Crippen molar-refractivity contribution >= 4 is 39.0 Å². The number of fused-ring (bicyclic) bond motifs is 1. The minimum Gasteiger partial charge on any atom is -0.496 e. The average molecular weight is 463 g/mol. The molecule has 0 unspecified atom stereocenters. The van der Waals surface area contributed by atoms with Gasteiger partial charge in [-0.1, -0.05) is 46.3 Å². The number of carbonyl (C=O) groups excluding carboxylic acids is 1. The minimum atomic E-state index is -0.406. The number of hydrazone groups is 1. The number of ether oxygens (including phenoxy) is 1. The second kappa shape index (κ2) is 8.97. The van der Waals surface area contributed by atoms with Gasteiger partial charge in [0.15, 0.2) is 5.76 Å². The van der Waals surface area contributed by atoms with Crippen molar-refractivity contribution in [2.24, 2.45) is 5.10 Å². The molecule has 0 saturated carbocycles. The van der Waals surface area contributed by atoms with Gasteiger partial charge in [-0.2, -0.15) is 5.10 Å². The number of methoxy groups -OCH3 is 1. The highest BCUT2D eigenvalue weighted by molar-refractivity contribution is 9.10. The molecule has 0 bridgehead atoms. The zero-order chi connectivity index (χ0) is 20.9. The predicted molar refractivity (Wildman–Crippen MR) is 121 cm³/mol. The fraction of sp³-hybridized carbons (Fsp3) is 0.0833. The normalized spacial score (nSPS) is 11.1. The molecule has 0 spiro atoms. The van der Waals surface area contributed by atoms with Gasteiger partial charge in [0.25, 0.3) is 0 Å². The maximum absolute atomic E-state index is 12.3. The van der Waals surface area contributed by atoms with Crippen molar-refractivity contribution in [1.82, 2.24) is 5.43 Å². The van der Waals surface area contributed by atoms with E-state index in [9.17, 15) is 4.79 Å². The standard InChI is InChI=1S/C24H19BrN2O3/c1-29-21-9-7-17(12-18(21)11-16-5-3-2-4-6-16)15-26-27-24(28)23-14-19-13-20(25)8-10-22(19)30-23/h2-10,12-15H,11H2,1H3,(H,27,28)/b26-15+. The number of carbonyl (C=O) groups is 1. The number of benzene rings is 3. The summed E-state index contributed by atoms with van der Waals surface area (Å²) in [6, 6.07) is 23.2. The lowest BCUT2D eigenvalue weighted by molar-refractivity contribution is 0.0929. The summed E-state index contributed by atoms with van der Waals surface area (Å²) in [7, 11) is 1.66. The van der Waals surface area contributed by atoms with Crippen molar-refractivity contribution in [3.8, 4) is 5.75 Å². The number of hydrogen-bond donors (Lipinski definition) is 1. The van der Waals surface area contributed by atoms with Crippen molar-refractivity contribution in [1.29, 1.82) is 0 Å². The summed E-state index contributed by atoms with van der Waals surface area (Å²) in [4.78, 5) is 12.3. The van der Waals surface area contributed by atoms with Crippen LogP contribution in [-0.4, -0.2) is 19.2 Å². The molecule has 1 heterocycles. The van der Waals surface area contributed by atoms with E-state index in [2.05, 4.69) is 38.6 Å². The van der Waals surface area contributed by atoms with E-state index in [0.29, 0.717) is 5.58 Å². The lowest BCUT2D eigenvalue weighted by Gasteiger charge is -2.09. The SMILES string of the molecule is COc1ccc(/C=N/NC(=O)c2cc3cc(Br)ccc3o2)cc1Cc1ccccc1. The largest absolute Gasteiger partial charge is 0.496 e. The Kier molecular flexibility index (Phi) is 5.95. The van der Waals surface area contributed by atoms with E-state index in [-0.39, 0.29) is 5.76 Å². The third kappa shape index (κ3) is 4.60. The van der Waals surface area contributed by atoms with Gasteiger partial charge in [0.1, 0.15) is 11.3 Å². The molecule has 1 amide bonds. The second-order valence-corrected chi connectivity index (χ2v) is 7.64. The van der Waals surface area contributed by atoms with Gasteiger partial charge in [0.05, 0.1) is 13.3 Å². The van der Waals surface area contributed by atoms with Crippen molar-refractivity contribution < 1.29 is 13.9 Å². The third-order valence-electron chi connectivity index (χ3n) is 4.62. The first kappa shape index (κ1) is 19.9. The quantitative estimate of drug-likeness (QED) is 0.301. The zero-order valence-corrected chi connectivity index (χ0v) is 17.8. The van der Waals surface area contributed by atoms with Crippen LogP contribution >= 0.6 is 15.9 Å². The van der Waals surface area contributed by atoms with Gasteiger partial charge in [-0.05, 0) is 59.2 Å². The number of amides is 1. The molecule has 4 aromatic rings. The van der Waals surface area contributed by atoms with Crippen molar-refractivity contribution in [2.75, 3.05) is 7.11 Å². The Morgan fingerprint density at radius 3 is 2.73 bits per heavy atom. The van der Waals surface area contributed by atoms with Crippen molar-refractivity contribution in [3.05, 3.63) is 99.7 Å². The van der Waals surface area contributed by atoms with Crippen LogP contribution in [0.25, 0.3) is 11.0 Å². The molecule has 1 aromatic heterocycles. The van der Waals surface area contributed by atoms with Crippen LogP contribution in [0.3, 0.4) is 0 Å². The molecule has 0 radical (unpaired) electrons. The van der Waals surface area contributed by atoms with Crippen LogP contribution in [0.2, 0.25) is 0 Å². The Labute approximate surface area is 182 Å². The minimum absolute atomic E-state index is 0.208. The van der Waals surface area contributed by atoms with Crippen LogP contribution in [0.1, 0.15) is 27.2 Å². The lowest BCUT2D eigenvalue weighted by atomic mass is 10.0. The van der Waals surface area contributed by atoms with Crippen molar-refractivity contribution in [2.45, 2.75) is 6.42 Å². The summed E-state index contributed by atoms with van der Waals surface area (Å²) in [6.45, 7) is 0. The molecule has 1 N–H and O–H groups in total. The number of nitrogens with zero attached hydrogens (tertiary/aromatic N) is 1. The van der Waals surface area contributed by atoms with Gasteiger partial charge in [-0.3, -0.25) is 4.79 Å². The molecule has 0 atom stereocenters. The van der Waals surface area contributed by atoms with Gasteiger partial charge in [-0.15, -0.1) is 0 Å². The zero-order valence-electron chi connectivity index (χ0n) is 16.3. The van der Waals surface area contributed by atoms with E-state index < -0.39 is 5.91 Å². The van der Waals surface area contributed by atoms with E-state index >= 15 is 0 Å². The smallest absolute Gasteiger partial charge is 0.307 e. The first-order valence-electron chi connectivity index (χ1n) is 9.36. The molecular formula is C24H19BrN2O3. The molecule has 30 heavy (non-hydrogen) atoms. The number of hydrogen-bond acceptors (Lipinski definition) is 4. The Morgan fingerprint density at radius 1 is 1.10 bits per heavy atom. The van der Waals surface area contributed by atoms with Crippen LogP contribution in [0.15, 0.2) is 86.8 Å². The second-order valence-electron chi connectivity index (χ2n) is 6.73. The molecule has 3 aromatic carbocycles. The van der Waals surface area contributed by atoms with Gasteiger partial charge < -0.3 is 9.15 Å². The molecule has 0 aliphatic carbocycles. The number of halogens is 1. The monoisotopic (exact) mass is 462 g/mol. The molecular weight excluding hydrogens is 444 g/mol. The summed E-state index contributed by atoms with van der Waals surface area (Å²) in [5.74, 6) is 0.616. The fourth-order valence-corrected chi connectivity index (χ4v) is 3.56. The maximum Gasteiger partial charge on any atom is 0.307 e. The number of nitrogens with one attached hydrogen (secondary N) is 1. The number of furan rings is 1. The molecule has 6 heteroatoms. The topological polar surface area (TPSA) is 63.8 Å². The predicted octanol–water partition coefficient (Wildman–Crippen LogP) is 5.56. The van der Waals surface area contributed by atoms with E-state index in [1.165, 1.54) is 5.56 Å². The van der Waals surface area contributed by atoms with Crippen LogP contribution in [0.4, 0.5) is 0 Å². The van der Waals surface area contributed by atoms with Gasteiger partial charge >= 0.3 is 5.91 Å². The van der Waals surface area contributed by atoms with Crippen LogP contribution in [0.5, 0.6) is 5.75 Å². The van der Waals surface area contributed by atoms with Crippen LogP contribution in [-0.2, 0) is 6.42 Å². The van der Waals surface area contributed by atoms with Crippen molar-refractivity contribution in [3.63, 3.8) is 0 Å². The van der Waals surface area contributed by atoms with E-state index in [1.54, 1.807) is 19.4 Å². The summed E-state index contributed by atoms with van der Waals surface area (Å²) >= 11 is 3.41. The number of rotatable bonds is 6. The Hall–Kier alpha value is -3.38. The van der Waals surface area contributed by atoms with E-state index in [4.69, 9.17) is 9.15 Å². The lowest BCUT2D eigenvalue weighted by Crippen LogP contribution is -2.16. The summed E-state index contributed by atoms with van der Waals surface area (Å²) in [6.07, 6.45) is 2.34. The molecule has 4 rings (SSSR count). The molecule has 150 valence electrons. The van der Waals surface area contributed by atoms with E-state index in [1.807, 2.05) is 54.6 Å². The Bertz CT molecular complexity index is 1220. The third-order valence-corrected chi connectivity index (χ3v) is 5.12. The van der Waals surface area contributed by atoms with Crippen LogP contribution in [0, 0.1) is 0 Å². The highest BCUT2D eigenvalue weighted by atomic mass is 79.9. The summed E-state index contributed by atoms with van der Waals surface area (Å²) in [5.41, 5.74) is 6.25. The average Bonchev–Trinajstić information content (AvgIpc) is 3.18.